The van der Waals surface area contributed by atoms with Gasteiger partial charge in [-0.2, -0.15) is 5.26 Å². The minimum absolute atomic E-state index is 0. The zero-order valence-corrected chi connectivity index (χ0v) is 21.2. The molecule has 1 aromatic carbocycles. The summed E-state index contributed by atoms with van der Waals surface area (Å²) in [6.07, 6.45) is 2.77. The third kappa shape index (κ3) is 4.70. The quantitative estimate of drug-likeness (QED) is 0.571. The Morgan fingerprint density at radius 2 is 1.76 bits per heavy atom. The van der Waals surface area contributed by atoms with Gasteiger partial charge in [0.25, 0.3) is 0 Å². The fraction of sp³-hybridized carbons (Fsp3) is 0.586. The van der Waals surface area contributed by atoms with Gasteiger partial charge in [0.05, 0.1) is 29.8 Å². The van der Waals surface area contributed by atoms with E-state index in [1.807, 2.05) is 12.1 Å². The predicted molar refractivity (Wildman–Crippen MR) is 147 cm³/mol. The number of aromatic nitrogens is 2. The number of aliphatic hydroxyl groups excluding tert-OH is 1. The first-order chi connectivity index (χ1) is 17.6. The second-order valence-electron chi connectivity index (χ2n) is 11.0. The number of nitrogens with zero attached hydrogens (tertiary/aromatic N) is 6. The third-order valence-corrected chi connectivity index (χ3v) is 8.59. The highest BCUT2D eigenvalue weighted by atomic mass is 16.5. The van der Waals surface area contributed by atoms with Gasteiger partial charge in [0.1, 0.15) is 11.9 Å². The summed E-state index contributed by atoms with van der Waals surface area (Å²) in [6, 6.07) is 10.8. The summed E-state index contributed by atoms with van der Waals surface area (Å²) in [6.45, 7) is 11.7. The number of nitriles is 1. The third-order valence-electron chi connectivity index (χ3n) is 8.59. The van der Waals surface area contributed by atoms with E-state index in [0.717, 1.165) is 107 Å². The molecular weight excluding hydrogens is 464 g/mol. The van der Waals surface area contributed by atoms with Crippen LogP contribution >= 0.6 is 0 Å². The molecule has 0 saturated carbocycles. The molecule has 6 rings (SSSR count). The molecule has 0 aliphatic carbocycles. The Labute approximate surface area is 220 Å². The molecule has 2 saturated heterocycles. The van der Waals surface area contributed by atoms with Gasteiger partial charge < -0.3 is 14.7 Å². The van der Waals surface area contributed by atoms with E-state index in [1.54, 1.807) is 0 Å². The number of benzene rings is 1. The molecule has 0 bridgehead atoms. The number of ether oxygens (including phenoxy) is 1. The van der Waals surface area contributed by atoms with Gasteiger partial charge in [-0.15, -0.1) is 0 Å². The SMILES string of the molecule is C.CC1(CO)CCN(c2c3c(c(C#N)c4nc5ccccc5n24)CCN(CCN2CCOCC2)C3)CC1. The number of imidazole rings is 1. The molecule has 1 N–H and O–H groups in total. The van der Waals surface area contributed by atoms with Crippen LogP contribution in [-0.4, -0.2) is 89.9 Å². The van der Waals surface area contributed by atoms with E-state index in [-0.39, 0.29) is 19.4 Å². The summed E-state index contributed by atoms with van der Waals surface area (Å²) in [5.41, 5.74) is 5.93. The monoisotopic (exact) mass is 504 g/mol. The Hall–Kier alpha value is -2.70. The number of para-hydroxylation sites is 2. The smallest absolute Gasteiger partial charge is 0.157 e. The van der Waals surface area contributed by atoms with Crippen molar-refractivity contribution in [3.8, 4) is 6.07 Å². The molecule has 5 heterocycles. The lowest BCUT2D eigenvalue weighted by Gasteiger charge is -2.42. The van der Waals surface area contributed by atoms with Crippen molar-refractivity contribution in [1.82, 2.24) is 19.2 Å². The van der Waals surface area contributed by atoms with E-state index in [9.17, 15) is 10.4 Å². The summed E-state index contributed by atoms with van der Waals surface area (Å²) in [4.78, 5) is 12.5. The fourth-order valence-electron chi connectivity index (χ4n) is 6.14. The number of fused-ring (bicyclic) bond motifs is 4. The van der Waals surface area contributed by atoms with Gasteiger partial charge >= 0.3 is 0 Å². The summed E-state index contributed by atoms with van der Waals surface area (Å²) in [7, 11) is 0. The van der Waals surface area contributed by atoms with Crippen molar-refractivity contribution in [3.05, 3.63) is 41.0 Å². The summed E-state index contributed by atoms with van der Waals surface area (Å²) >= 11 is 0. The van der Waals surface area contributed by atoms with E-state index in [1.165, 1.54) is 16.9 Å². The average Bonchev–Trinajstić information content (AvgIpc) is 3.31. The average molecular weight is 505 g/mol. The van der Waals surface area contributed by atoms with Gasteiger partial charge in [0, 0.05) is 64.5 Å². The van der Waals surface area contributed by atoms with E-state index >= 15 is 0 Å². The predicted octanol–water partition coefficient (Wildman–Crippen LogP) is 3.28. The van der Waals surface area contributed by atoms with Crippen LogP contribution in [0.3, 0.4) is 0 Å². The molecule has 2 fully saturated rings. The molecule has 3 aromatic rings. The number of pyridine rings is 1. The topological polar surface area (TPSA) is 80.3 Å². The summed E-state index contributed by atoms with van der Waals surface area (Å²) in [5, 5.41) is 20.2. The molecule has 198 valence electrons. The molecule has 8 nitrogen and oxygen atoms in total. The van der Waals surface area contributed by atoms with Crippen molar-refractivity contribution < 1.29 is 9.84 Å². The van der Waals surface area contributed by atoms with E-state index in [4.69, 9.17) is 9.72 Å². The van der Waals surface area contributed by atoms with Gasteiger partial charge in [-0.25, -0.2) is 4.98 Å². The van der Waals surface area contributed by atoms with Crippen LogP contribution in [0.4, 0.5) is 5.82 Å². The van der Waals surface area contributed by atoms with Crippen LogP contribution in [-0.2, 0) is 17.7 Å². The first-order valence-corrected chi connectivity index (χ1v) is 13.3. The van der Waals surface area contributed by atoms with Gasteiger partial charge in [-0.05, 0) is 42.4 Å². The highest BCUT2D eigenvalue weighted by Crippen LogP contribution is 2.39. The van der Waals surface area contributed by atoms with E-state index in [2.05, 4.69) is 44.2 Å². The molecule has 2 aromatic heterocycles. The standard InChI is InChI=1S/C28H36N6O2.CH4/c1-28(20-35)7-10-33(11-8-28)27-23-19-32(13-12-31-14-16-36-17-15-31)9-6-21(23)22(18-29)26-30-24-4-2-3-5-25(24)34(26)27;/h2-5,35H,6-17,19-20H2,1H3;1H4. The minimum Gasteiger partial charge on any atom is -0.396 e. The Bertz CT molecular complexity index is 1300. The van der Waals surface area contributed by atoms with Gasteiger partial charge in [0.2, 0.25) is 0 Å². The maximum absolute atomic E-state index is 10.3. The Balaban J connectivity index is 0.00000280. The van der Waals surface area contributed by atoms with Crippen LogP contribution in [0, 0.1) is 16.7 Å². The van der Waals surface area contributed by atoms with Crippen LogP contribution in [0.5, 0.6) is 0 Å². The van der Waals surface area contributed by atoms with Crippen molar-refractivity contribution >= 4 is 22.5 Å². The second kappa shape index (κ2) is 10.6. The molecule has 0 unspecified atom stereocenters. The zero-order valence-electron chi connectivity index (χ0n) is 21.2. The number of aliphatic hydroxyl groups is 1. The van der Waals surface area contributed by atoms with E-state index in [0.29, 0.717) is 0 Å². The van der Waals surface area contributed by atoms with Crippen LogP contribution in [0.15, 0.2) is 24.3 Å². The molecule has 3 aliphatic heterocycles. The lowest BCUT2D eigenvalue weighted by Crippen LogP contribution is -2.44. The highest BCUT2D eigenvalue weighted by Gasteiger charge is 2.34. The molecule has 0 spiro atoms. The molecule has 0 atom stereocenters. The lowest BCUT2D eigenvalue weighted by molar-refractivity contribution is 0.0326. The van der Waals surface area contributed by atoms with Gasteiger partial charge in [0.15, 0.2) is 5.65 Å². The maximum Gasteiger partial charge on any atom is 0.157 e. The fourth-order valence-corrected chi connectivity index (χ4v) is 6.14. The number of hydrogen-bond acceptors (Lipinski definition) is 7. The zero-order chi connectivity index (χ0) is 24.7. The summed E-state index contributed by atoms with van der Waals surface area (Å²) in [5.74, 6) is 1.20. The number of rotatable bonds is 5. The molecule has 8 heteroatoms. The van der Waals surface area contributed by atoms with Crippen molar-refractivity contribution in [3.63, 3.8) is 0 Å². The normalized spacial score (nSPS) is 20.5. The van der Waals surface area contributed by atoms with Crippen LogP contribution in [0.2, 0.25) is 0 Å². The van der Waals surface area contributed by atoms with Crippen LogP contribution < -0.4 is 4.90 Å². The van der Waals surface area contributed by atoms with Crippen molar-refractivity contribution in [2.75, 3.05) is 70.5 Å². The van der Waals surface area contributed by atoms with Crippen LogP contribution in [0.25, 0.3) is 16.7 Å². The summed E-state index contributed by atoms with van der Waals surface area (Å²) < 4.78 is 7.77. The molecule has 37 heavy (non-hydrogen) atoms. The van der Waals surface area contributed by atoms with E-state index < -0.39 is 0 Å². The highest BCUT2D eigenvalue weighted by molar-refractivity contribution is 5.86. The second-order valence-corrected chi connectivity index (χ2v) is 11.0. The van der Waals surface area contributed by atoms with Crippen molar-refractivity contribution in [2.24, 2.45) is 5.41 Å². The molecule has 3 aliphatic rings. The Morgan fingerprint density at radius 1 is 1.03 bits per heavy atom. The largest absolute Gasteiger partial charge is 0.396 e. The molecule has 0 amide bonds. The Morgan fingerprint density at radius 3 is 2.49 bits per heavy atom. The van der Waals surface area contributed by atoms with Crippen molar-refractivity contribution in [1.29, 1.82) is 5.26 Å². The number of hydrogen-bond donors (Lipinski definition) is 1. The first kappa shape index (κ1) is 25.9. The van der Waals surface area contributed by atoms with Crippen LogP contribution in [0.1, 0.15) is 43.9 Å². The molecular formula is C29H40N6O2. The minimum atomic E-state index is -0.0243. The van der Waals surface area contributed by atoms with Gasteiger partial charge in [-0.1, -0.05) is 26.5 Å². The lowest BCUT2D eigenvalue weighted by atomic mass is 9.81. The van der Waals surface area contributed by atoms with Gasteiger partial charge in [-0.3, -0.25) is 14.2 Å². The number of anilines is 1. The maximum atomic E-state index is 10.3. The number of piperidine rings is 1. The molecule has 0 radical (unpaired) electrons. The Kier molecular flexibility index (Phi) is 7.42. The first-order valence-electron chi connectivity index (χ1n) is 13.3. The van der Waals surface area contributed by atoms with Crippen molar-refractivity contribution in [2.45, 2.75) is 40.2 Å². The number of morpholine rings is 1.